The zero-order chi connectivity index (χ0) is 16.4. The molecule has 1 fully saturated rings. The van der Waals surface area contributed by atoms with Gasteiger partial charge in [0.15, 0.2) is 15.4 Å². The van der Waals surface area contributed by atoms with Gasteiger partial charge in [0.1, 0.15) is 5.69 Å². The topological polar surface area (TPSA) is 118 Å². The van der Waals surface area contributed by atoms with E-state index in [1.165, 1.54) is 0 Å². The number of hydrogen-bond acceptors (Lipinski definition) is 6. The number of sulfone groups is 1. The van der Waals surface area contributed by atoms with Crippen molar-refractivity contribution in [1.82, 2.24) is 16.0 Å². The third-order valence-electron chi connectivity index (χ3n) is 3.71. The Balaban J connectivity index is 1.55. The molecule has 2 aromatic rings. The number of carbonyl (C=O) groups is 2. The lowest BCUT2D eigenvalue weighted by atomic mass is 10.1. The van der Waals surface area contributed by atoms with Crippen molar-refractivity contribution in [1.29, 1.82) is 0 Å². The van der Waals surface area contributed by atoms with Crippen LogP contribution in [-0.4, -0.2) is 36.9 Å². The molecular weight excluding hydrogens is 322 g/mol. The minimum atomic E-state index is -3.14. The van der Waals surface area contributed by atoms with Crippen molar-refractivity contribution in [3.63, 3.8) is 0 Å². The van der Waals surface area contributed by atoms with Gasteiger partial charge in [-0.1, -0.05) is 17.3 Å². The third kappa shape index (κ3) is 3.50. The standard InChI is InChI=1S/C14H15N3O5S/c18-13(7-11-10-3-1-2-4-12(10)22-17-11)15-16-14(19)9-5-6-23(20,21)8-9/h1-4,9H,5-8H2,(H,15,18)(H,16,19)/t9-/m1/s1. The van der Waals surface area contributed by atoms with Gasteiger partial charge in [0.2, 0.25) is 11.8 Å². The zero-order valence-corrected chi connectivity index (χ0v) is 12.9. The molecule has 8 nitrogen and oxygen atoms in total. The minimum Gasteiger partial charge on any atom is -0.356 e. The first kappa shape index (κ1) is 15.5. The molecule has 0 saturated carbocycles. The summed E-state index contributed by atoms with van der Waals surface area (Å²) in [6.45, 7) is 0. The van der Waals surface area contributed by atoms with Crippen molar-refractivity contribution in [2.24, 2.45) is 5.92 Å². The van der Waals surface area contributed by atoms with Crippen LogP contribution in [0.1, 0.15) is 12.1 Å². The molecule has 1 aromatic carbocycles. The molecule has 2 amide bonds. The first-order valence-electron chi connectivity index (χ1n) is 7.07. The molecule has 23 heavy (non-hydrogen) atoms. The normalized spacial score (nSPS) is 19.6. The highest BCUT2D eigenvalue weighted by molar-refractivity contribution is 7.91. The van der Waals surface area contributed by atoms with Gasteiger partial charge in [0.05, 0.1) is 23.8 Å². The third-order valence-corrected chi connectivity index (χ3v) is 5.48. The molecule has 1 aromatic heterocycles. The molecule has 122 valence electrons. The van der Waals surface area contributed by atoms with E-state index in [-0.39, 0.29) is 24.3 Å². The molecule has 2 N–H and O–H groups in total. The summed E-state index contributed by atoms with van der Waals surface area (Å²) in [7, 11) is -3.14. The number of amides is 2. The van der Waals surface area contributed by atoms with E-state index in [1.807, 2.05) is 6.07 Å². The first-order valence-corrected chi connectivity index (χ1v) is 8.89. The van der Waals surface area contributed by atoms with Gasteiger partial charge in [-0.15, -0.1) is 0 Å². The van der Waals surface area contributed by atoms with Gasteiger partial charge in [0.25, 0.3) is 0 Å². The predicted molar refractivity (Wildman–Crippen MR) is 80.8 cm³/mol. The highest BCUT2D eigenvalue weighted by Gasteiger charge is 2.33. The van der Waals surface area contributed by atoms with Gasteiger partial charge in [-0.05, 0) is 18.6 Å². The van der Waals surface area contributed by atoms with Crippen LogP contribution in [0.15, 0.2) is 28.8 Å². The average molecular weight is 337 g/mol. The molecule has 0 bridgehead atoms. The number of aromatic nitrogens is 1. The van der Waals surface area contributed by atoms with Crippen LogP contribution in [-0.2, 0) is 25.8 Å². The summed E-state index contributed by atoms with van der Waals surface area (Å²) in [4.78, 5) is 23.7. The average Bonchev–Trinajstić information content (AvgIpc) is 3.09. The lowest BCUT2D eigenvalue weighted by Crippen LogP contribution is -2.45. The summed E-state index contributed by atoms with van der Waals surface area (Å²) in [5.74, 6) is -1.75. The van der Waals surface area contributed by atoms with E-state index in [1.54, 1.807) is 18.2 Å². The van der Waals surface area contributed by atoms with Crippen molar-refractivity contribution in [2.45, 2.75) is 12.8 Å². The number of nitrogens with zero attached hydrogens (tertiary/aromatic N) is 1. The summed E-state index contributed by atoms with van der Waals surface area (Å²) in [6, 6.07) is 7.14. The van der Waals surface area contributed by atoms with Gasteiger partial charge in [0, 0.05) is 5.39 Å². The highest BCUT2D eigenvalue weighted by Crippen LogP contribution is 2.19. The Morgan fingerprint density at radius 2 is 2.04 bits per heavy atom. The van der Waals surface area contributed by atoms with Crippen molar-refractivity contribution >= 4 is 32.6 Å². The van der Waals surface area contributed by atoms with Crippen molar-refractivity contribution in [2.75, 3.05) is 11.5 Å². The Kier molecular flexibility index (Phi) is 4.03. The van der Waals surface area contributed by atoms with Crippen LogP contribution in [0.5, 0.6) is 0 Å². The number of benzene rings is 1. The molecule has 9 heteroatoms. The highest BCUT2D eigenvalue weighted by atomic mass is 32.2. The monoisotopic (exact) mass is 337 g/mol. The Bertz CT molecular complexity index is 858. The van der Waals surface area contributed by atoms with Crippen LogP contribution in [0.3, 0.4) is 0 Å². The zero-order valence-electron chi connectivity index (χ0n) is 12.1. The Hall–Kier alpha value is -2.42. The molecule has 1 saturated heterocycles. The maximum absolute atomic E-state index is 11.9. The largest absolute Gasteiger partial charge is 0.356 e. The minimum absolute atomic E-state index is 0.00393. The second-order valence-corrected chi connectivity index (χ2v) is 7.67. The number of fused-ring (bicyclic) bond motifs is 1. The van der Waals surface area contributed by atoms with Gasteiger partial charge >= 0.3 is 0 Å². The molecule has 2 heterocycles. The van der Waals surface area contributed by atoms with Crippen LogP contribution in [0, 0.1) is 5.92 Å². The van der Waals surface area contributed by atoms with Crippen molar-refractivity contribution < 1.29 is 22.5 Å². The summed E-state index contributed by atoms with van der Waals surface area (Å²) < 4.78 is 27.8. The maximum Gasteiger partial charge on any atom is 0.244 e. The number of hydrogen-bond donors (Lipinski definition) is 2. The molecule has 1 atom stereocenters. The lowest BCUT2D eigenvalue weighted by Gasteiger charge is -2.10. The smallest absolute Gasteiger partial charge is 0.244 e. The van der Waals surface area contributed by atoms with Crippen LogP contribution in [0.25, 0.3) is 11.0 Å². The van der Waals surface area contributed by atoms with E-state index in [9.17, 15) is 18.0 Å². The van der Waals surface area contributed by atoms with Gasteiger partial charge in [-0.25, -0.2) is 8.42 Å². The van der Waals surface area contributed by atoms with Crippen LogP contribution in [0.4, 0.5) is 0 Å². The Morgan fingerprint density at radius 1 is 1.26 bits per heavy atom. The number of para-hydroxylation sites is 1. The molecule has 0 unspecified atom stereocenters. The van der Waals surface area contributed by atoms with E-state index >= 15 is 0 Å². The second-order valence-electron chi connectivity index (χ2n) is 5.44. The van der Waals surface area contributed by atoms with Crippen LogP contribution in [0.2, 0.25) is 0 Å². The number of rotatable bonds is 3. The van der Waals surface area contributed by atoms with Crippen LogP contribution < -0.4 is 10.9 Å². The number of hydrazine groups is 1. The van der Waals surface area contributed by atoms with E-state index < -0.39 is 27.6 Å². The summed E-state index contributed by atoms with van der Waals surface area (Å²) in [5.41, 5.74) is 5.58. The molecule has 1 aliphatic rings. The van der Waals surface area contributed by atoms with E-state index in [0.717, 1.165) is 5.39 Å². The van der Waals surface area contributed by atoms with E-state index in [2.05, 4.69) is 16.0 Å². The van der Waals surface area contributed by atoms with Gasteiger partial charge in [-0.3, -0.25) is 20.4 Å². The van der Waals surface area contributed by atoms with Gasteiger partial charge < -0.3 is 4.52 Å². The second kappa shape index (κ2) is 5.99. The summed E-state index contributed by atoms with van der Waals surface area (Å²) in [6.07, 6.45) is 0.220. The fourth-order valence-electron chi connectivity index (χ4n) is 2.50. The molecule has 1 aliphatic heterocycles. The molecule has 0 radical (unpaired) electrons. The van der Waals surface area contributed by atoms with Crippen molar-refractivity contribution in [3.8, 4) is 0 Å². The van der Waals surface area contributed by atoms with Crippen LogP contribution >= 0.6 is 0 Å². The van der Waals surface area contributed by atoms with Crippen molar-refractivity contribution in [3.05, 3.63) is 30.0 Å². The Morgan fingerprint density at radius 3 is 2.78 bits per heavy atom. The first-order chi connectivity index (χ1) is 10.9. The summed E-state index contributed by atoms with van der Waals surface area (Å²) >= 11 is 0. The molecular formula is C14H15N3O5S. The van der Waals surface area contributed by atoms with E-state index in [4.69, 9.17) is 4.52 Å². The molecule has 0 aliphatic carbocycles. The van der Waals surface area contributed by atoms with Gasteiger partial charge in [-0.2, -0.15) is 0 Å². The number of nitrogens with one attached hydrogen (secondary N) is 2. The summed E-state index contributed by atoms with van der Waals surface area (Å²) in [5, 5.41) is 4.56. The lowest BCUT2D eigenvalue weighted by molar-refractivity contribution is -0.130. The predicted octanol–water partition coefficient (Wildman–Crippen LogP) is -0.0476. The Labute approximate surface area is 132 Å². The quantitative estimate of drug-likeness (QED) is 0.758. The fourth-order valence-corrected chi connectivity index (χ4v) is 4.24. The van der Waals surface area contributed by atoms with E-state index in [0.29, 0.717) is 11.3 Å². The number of carbonyl (C=O) groups excluding carboxylic acids is 2. The fraction of sp³-hybridized carbons (Fsp3) is 0.357. The molecule has 3 rings (SSSR count). The maximum atomic E-state index is 11.9. The SMILES string of the molecule is O=C(Cc1noc2ccccc12)NNC(=O)[C@@H]1CCS(=O)(=O)C1. The molecule has 0 spiro atoms.